The molecule has 1 aromatic rings. The van der Waals surface area contributed by atoms with E-state index < -0.39 is 17.2 Å². The standard InChI is InChI=1S/C16H23F2NO/c1-4-19-15(16(20-3)9-5-6-10-16)12-8-7-11(2)13(17)14(12)18/h7-8,15,19H,4-6,9-10H2,1-3H3. The van der Waals surface area contributed by atoms with Crippen molar-refractivity contribution in [2.45, 2.75) is 51.2 Å². The molecule has 1 fully saturated rings. The highest BCUT2D eigenvalue weighted by Gasteiger charge is 2.43. The Bertz CT molecular complexity index is 470. The van der Waals surface area contributed by atoms with Crippen LogP contribution in [0.5, 0.6) is 0 Å². The van der Waals surface area contributed by atoms with E-state index in [1.54, 1.807) is 26.2 Å². The van der Waals surface area contributed by atoms with Crippen molar-refractivity contribution in [2.24, 2.45) is 0 Å². The lowest BCUT2D eigenvalue weighted by Crippen LogP contribution is -2.44. The molecule has 1 unspecified atom stereocenters. The molecule has 1 atom stereocenters. The third-order valence-electron chi connectivity index (χ3n) is 4.41. The van der Waals surface area contributed by atoms with Gasteiger partial charge in [0.25, 0.3) is 0 Å². The van der Waals surface area contributed by atoms with Gasteiger partial charge in [0.1, 0.15) is 0 Å². The minimum Gasteiger partial charge on any atom is -0.376 e. The van der Waals surface area contributed by atoms with E-state index in [1.807, 2.05) is 6.92 Å². The van der Waals surface area contributed by atoms with Gasteiger partial charge in [0.15, 0.2) is 11.6 Å². The molecule has 0 spiro atoms. The number of likely N-dealkylation sites (N-methyl/N-ethyl adjacent to an activating group) is 1. The van der Waals surface area contributed by atoms with Crippen molar-refractivity contribution in [1.82, 2.24) is 5.32 Å². The zero-order valence-corrected chi connectivity index (χ0v) is 12.4. The first-order valence-electron chi connectivity index (χ1n) is 7.28. The van der Waals surface area contributed by atoms with E-state index in [0.717, 1.165) is 25.7 Å². The van der Waals surface area contributed by atoms with Gasteiger partial charge in [0.2, 0.25) is 0 Å². The van der Waals surface area contributed by atoms with Crippen molar-refractivity contribution in [3.63, 3.8) is 0 Å². The van der Waals surface area contributed by atoms with E-state index >= 15 is 0 Å². The summed E-state index contributed by atoms with van der Waals surface area (Å²) in [5.74, 6) is -1.51. The zero-order valence-electron chi connectivity index (χ0n) is 12.4. The van der Waals surface area contributed by atoms with Gasteiger partial charge in [0, 0.05) is 12.7 Å². The largest absolute Gasteiger partial charge is 0.376 e. The van der Waals surface area contributed by atoms with Gasteiger partial charge in [0.05, 0.1) is 11.6 Å². The Morgan fingerprint density at radius 2 is 1.90 bits per heavy atom. The van der Waals surface area contributed by atoms with Gasteiger partial charge in [-0.2, -0.15) is 0 Å². The van der Waals surface area contributed by atoms with Crippen LogP contribution in [0.1, 0.15) is 49.8 Å². The molecular weight excluding hydrogens is 260 g/mol. The highest BCUT2D eigenvalue weighted by Crippen LogP contribution is 2.43. The summed E-state index contributed by atoms with van der Waals surface area (Å²) >= 11 is 0. The van der Waals surface area contributed by atoms with Crippen LogP contribution >= 0.6 is 0 Å². The highest BCUT2D eigenvalue weighted by atomic mass is 19.2. The van der Waals surface area contributed by atoms with E-state index in [9.17, 15) is 8.78 Å². The molecule has 0 saturated heterocycles. The average molecular weight is 283 g/mol. The van der Waals surface area contributed by atoms with Crippen molar-refractivity contribution in [1.29, 1.82) is 0 Å². The Balaban J connectivity index is 2.45. The summed E-state index contributed by atoms with van der Waals surface area (Å²) in [4.78, 5) is 0. The van der Waals surface area contributed by atoms with Crippen molar-refractivity contribution >= 4 is 0 Å². The maximum absolute atomic E-state index is 14.3. The predicted molar refractivity (Wildman–Crippen MR) is 75.7 cm³/mol. The average Bonchev–Trinajstić information content (AvgIpc) is 2.93. The fraction of sp³-hybridized carbons (Fsp3) is 0.625. The minimum atomic E-state index is -0.755. The molecule has 0 radical (unpaired) electrons. The zero-order chi connectivity index (χ0) is 14.8. The van der Waals surface area contributed by atoms with Gasteiger partial charge in [-0.05, 0) is 31.9 Å². The number of aryl methyl sites for hydroxylation is 1. The van der Waals surface area contributed by atoms with Crippen LogP contribution in [0, 0.1) is 18.6 Å². The number of methoxy groups -OCH3 is 1. The molecule has 1 aromatic carbocycles. The molecule has 0 aromatic heterocycles. The molecule has 0 aliphatic heterocycles. The summed E-state index contributed by atoms with van der Waals surface area (Å²) in [5, 5.41) is 3.29. The Kier molecular flexibility index (Phi) is 4.76. The van der Waals surface area contributed by atoms with E-state index in [-0.39, 0.29) is 6.04 Å². The summed E-state index contributed by atoms with van der Waals surface area (Å²) in [6.45, 7) is 4.23. The van der Waals surface area contributed by atoms with E-state index in [1.165, 1.54) is 0 Å². The van der Waals surface area contributed by atoms with Crippen molar-refractivity contribution in [3.8, 4) is 0 Å². The first kappa shape index (κ1) is 15.4. The van der Waals surface area contributed by atoms with Crippen LogP contribution in [0.2, 0.25) is 0 Å². The number of rotatable bonds is 5. The summed E-state index contributed by atoms with van der Waals surface area (Å²) in [7, 11) is 1.66. The van der Waals surface area contributed by atoms with E-state index in [0.29, 0.717) is 17.7 Å². The SMILES string of the molecule is CCNC(c1ccc(C)c(F)c1F)C1(OC)CCCC1. The van der Waals surface area contributed by atoms with Crippen LogP contribution in [0.25, 0.3) is 0 Å². The van der Waals surface area contributed by atoms with Crippen LogP contribution in [0.3, 0.4) is 0 Å². The third-order valence-corrected chi connectivity index (χ3v) is 4.41. The lowest BCUT2D eigenvalue weighted by Gasteiger charge is -2.37. The predicted octanol–water partition coefficient (Wildman–Crippen LogP) is 3.88. The third kappa shape index (κ3) is 2.59. The number of hydrogen-bond donors (Lipinski definition) is 1. The van der Waals surface area contributed by atoms with Gasteiger partial charge >= 0.3 is 0 Å². The molecule has 0 heterocycles. The second-order valence-corrected chi connectivity index (χ2v) is 5.57. The maximum atomic E-state index is 14.3. The second kappa shape index (κ2) is 6.19. The minimum absolute atomic E-state index is 0.310. The molecule has 20 heavy (non-hydrogen) atoms. The van der Waals surface area contributed by atoms with Crippen molar-refractivity contribution < 1.29 is 13.5 Å². The molecule has 1 N–H and O–H groups in total. The number of hydrogen-bond acceptors (Lipinski definition) is 2. The normalized spacial score (nSPS) is 19.2. The lowest BCUT2D eigenvalue weighted by molar-refractivity contribution is -0.0374. The fourth-order valence-corrected chi connectivity index (χ4v) is 3.25. The molecule has 112 valence electrons. The molecule has 1 aliphatic rings. The van der Waals surface area contributed by atoms with Gasteiger partial charge in [-0.15, -0.1) is 0 Å². The number of benzene rings is 1. The summed E-state index contributed by atoms with van der Waals surface area (Å²) in [5.41, 5.74) is 0.275. The Labute approximate surface area is 119 Å². The van der Waals surface area contributed by atoms with Gasteiger partial charge in [-0.1, -0.05) is 31.9 Å². The van der Waals surface area contributed by atoms with Gasteiger partial charge < -0.3 is 10.1 Å². The number of halogens is 2. The van der Waals surface area contributed by atoms with Crippen LogP contribution in [0.15, 0.2) is 12.1 Å². The molecule has 1 aliphatic carbocycles. The second-order valence-electron chi connectivity index (χ2n) is 5.57. The quantitative estimate of drug-likeness (QED) is 0.885. The smallest absolute Gasteiger partial charge is 0.163 e. The molecule has 0 amide bonds. The lowest BCUT2D eigenvalue weighted by atomic mass is 9.86. The van der Waals surface area contributed by atoms with E-state index in [4.69, 9.17) is 4.74 Å². The van der Waals surface area contributed by atoms with Crippen LogP contribution in [0.4, 0.5) is 8.78 Å². The Hall–Kier alpha value is -1.00. The van der Waals surface area contributed by atoms with Crippen LogP contribution in [-0.2, 0) is 4.74 Å². The first-order valence-corrected chi connectivity index (χ1v) is 7.28. The van der Waals surface area contributed by atoms with Gasteiger partial charge in [-0.3, -0.25) is 0 Å². The summed E-state index contributed by atoms with van der Waals surface area (Å²) in [6, 6.07) is 3.01. The Morgan fingerprint density at radius 1 is 1.25 bits per heavy atom. The molecule has 1 saturated carbocycles. The fourth-order valence-electron chi connectivity index (χ4n) is 3.25. The molecule has 2 nitrogen and oxygen atoms in total. The van der Waals surface area contributed by atoms with Crippen molar-refractivity contribution in [3.05, 3.63) is 34.9 Å². The van der Waals surface area contributed by atoms with E-state index in [2.05, 4.69) is 5.32 Å². The molecular formula is C16H23F2NO. The molecule has 4 heteroatoms. The monoisotopic (exact) mass is 283 g/mol. The van der Waals surface area contributed by atoms with Gasteiger partial charge in [-0.25, -0.2) is 8.78 Å². The first-order chi connectivity index (χ1) is 9.55. The summed E-state index contributed by atoms with van der Waals surface area (Å²) < 4.78 is 33.9. The topological polar surface area (TPSA) is 21.3 Å². The molecule has 2 rings (SSSR count). The van der Waals surface area contributed by atoms with Crippen molar-refractivity contribution in [2.75, 3.05) is 13.7 Å². The number of nitrogens with one attached hydrogen (secondary N) is 1. The summed E-state index contributed by atoms with van der Waals surface area (Å²) in [6.07, 6.45) is 3.86. The van der Waals surface area contributed by atoms with Crippen LogP contribution < -0.4 is 5.32 Å². The highest BCUT2D eigenvalue weighted by molar-refractivity contribution is 5.30. The molecule has 0 bridgehead atoms. The Morgan fingerprint density at radius 3 is 2.45 bits per heavy atom. The number of ether oxygens (including phenoxy) is 1. The maximum Gasteiger partial charge on any atom is 0.163 e. The van der Waals surface area contributed by atoms with Crippen LogP contribution in [-0.4, -0.2) is 19.3 Å².